The number of rotatable bonds is 3. The summed E-state index contributed by atoms with van der Waals surface area (Å²) in [6, 6.07) is 33.5. The molecule has 2 aliphatic heterocycles. The summed E-state index contributed by atoms with van der Waals surface area (Å²) in [7, 11) is 0. The number of hydrogen-bond acceptors (Lipinski definition) is 4. The van der Waals surface area contributed by atoms with Crippen LogP contribution >= 0.6 is 0 Å². The molecule has 0 bridgehead atoms. The average molecular weight is 489 g/mol. The van der Waals surface area contributed by atoms with Gasteiger partial charge in [-0.1, -0.05) is 91.0 Å². The van der Waals surface area contributed by atoms with Gasteiger partial charge in [-0.2, -0.15) is 0 Å². The average Bonchev–Trinajstić information content (AvgIpc) is 3.34. The largest absolute Gasteiger partial charge is 0.302 e. The van der Waals surface area contributed by atoms with Crippen LogP contribution in [0.4, 0.5) is 22.9 Å². The van der Waals surface area contributed by atoms with Crippen LogP contribution in [0.5, 0.6) is 0 Å². The summed E-state index contributed by atoms with van der Waals surface area (Å²) in [5, 5.41) is 0. The second kappa shape index (κ2) is 8.18. The lowest BCUT2D eigenvalue weighted by atomic mass is 9.92. The topological polar surface area (TPSA) is 44.9 Å². The normalized spacial score (nSPS) is 16.6. The third-order valence-electron chi connectivity index (χ3n) is 7.48. The van der Waals surface area contributed by atoms with E-state index >= 15 is 0 Å². The zero-order valence-electron chi connectivity index (χ0n) is 20.4. The second-order valence-corrected chi connectivity index (χ2v) is 9.53. The number of benzene rings is 3. The molecule has 0 radical (unpaired) electrons. The van der Waals surface area contributed by atoms with Crippen molar-refractivity contribution in [2.24, 2.45) is 0 Å². The zero-order chi connectivity index (χ0) is 25.1. The van der Waals surface area contributed by atoms with Crippen molar-refractivity contribution in [2.45, 2.75) is 6.04 Å². The van der Waals surface area contributed by atoms with E-state index in [2.05, 4.69) is 107 Å². The van der Waals surface area contributed by atoms with Gasteiger partial charge in [0.2, 0.25) is 11.5 Å². The first-order valence-electron chi connectivity index (χ1n) is 12.7. The van der Waals surface area contributed by atoms with Gasteiger partial charge in [-0.3, -0.25) is 0 Å². The van der Waals surface area contributed by atoms with E-state index in [0.29, 0.717) is 0 Å². The fourth-order valence-electron chi connectivity index (χ4n) is 5.94. The van der Waals surface area contributed by atoms with Gasteiger partial charge in [-0.25, -0.2) is 15.0 Å². The highest BCUT2D eigenvalue weighted by Gasteiger charge is 2.50. The maximum absolute atomic E-state index is 4.95. The fraction of sp³-hybridized carbons (Fsp3) is 0.0303. The lowest BCUT2D eigenvalue weighted by Gasteiger charge is -2.32. The van der Waals surface area contributed by atoms with Crippen LogP contribution < -0.4 is 9.48 Å². The van der Waals surface area contributed by atoms with Gasteiger partial charge in [0.15, 0.2) is 0 Å². The summed E-state index contributed by atoms with van der Waals surface area (Å²) in [4.78, 5) is 17.1. The molecular weight excluding hydrogens is 466 g/mol. The molecule has 1 aliphatic carbocycles. The maximum atomic E-state index is 4.95. The molecule has 178 valence electrons. The van der Waals surface area contributed by atoms with Gasteiger partial charge < -0.3 is 4.90 Å². The Labute approximate surface area is 220 Å². The summed E-state index contributed by atoms with van der Waals surface area (Å²) in [6.45, 7) is 0. The first-order valence-corrected chi connectivity index (χ1v) is 12.7. The molecule has 0 saturated carbocycles. The predicted octanol–water partition coefficient (Wildman–Crippen LogP) is 6.97. The van der Waals surface area contributed by atoms with Crippen molar-refractivity contribution in [1.82, 2.24) is 19.5 Å². The Bertz CT molecular complexity index is 1760. The number of anilines is 2. The molecule has 4 heterocycles. The van der Waals surface area contributed by atoms with Crippen LogP contribution in [0.3, 0.4) is 0 Å². The van der Waals surface area contributed by atoms with Crippen molar-refractivity contribution in [2.75, 3.05) is 4.90 Å². The Kier molecular flexibility index (Phi) is 4.52. The molecule has 5 heteroatoms. The Morgan fingerprint density at radius 1 is 0.684 bits per heavy atom. The summed E-state index contributed by atoms with van der Waals surface area (Å²) in [5.41, 5.74) is 10.7. The Balaban J connectivity index is 1.50. The van der Waals surface area contributed by atoms with Crippen molar-refractivity contribution >= 4 is 34.2 Å². The molecule has 1 unspecified atom stereocenters. The SMILES string of the molecule is C1=CC2=[N+](c3c(-c4ccccc4)ncnc3-c3ccccc3)c3cccnc3N3c4ccccc4C(=C1)C23. The van der Waals surface area contributed by atoms with E-state index in [1.54, 1.807) is 6.33 Å². The number of fused-ring (bicyclic) bond motifs is 5. The van der Waals surface area contributed by atoms with Gasteiger partial charge in [0.05, 0.1) is 5.69 Å². The number of nitrogens with zero attached hydrogens (tertiary/aromatic N) is 5. The summed E-state index contributed by atoms with van der Waals surface area (Å²) in [5.74, 6) is 0.925. The number of pyridine rings is 1. The third kappa shape index (κ3) is 2.93. The van der Waals surface area contributed by atoms with Crippen molar-refractivity contribution in [3.8, 4) is 22.5 Å². The lowest BCUT2D eigenvalue weighted by Crippen LogP contribution is -2.44. The number of aromatic nitrogens is 3. The zero-order valence-corrected chi connectivity index (χ0v) is 20.4. The van der Waals surface area contributed by atoms with Crippen molar-refractivity contribution in [3.05, 3.63) is 133 Å². The molecule has 5 aromatic rings. The Hall–Kier alpha value is -5.16. The number of hydrogen-bond donors (Lipinski definition) is 0. The molecule has 5 nitrogen and oxygen atoms in total. The Morgan fingerprint density at radius 2 is 1.37 bits per heavy atom. The second-order valence-electron chi connectivity index (χ2n) is 9.53. The molecule has 3 aromatic carbocycles. The molecule has 1 atom stereocenters. The van der Waals surface area contributed by atoms with Crippen LogP contribution in [0.15, 0.2) is 128 Å². The minimum absolute atomic E-state index is 0.00672. The summed E-state index contributed by atoms with van der Waals surface area (Å²) < 4.78 is 2.34. The van der Waals surface area contributed by atoms with Crippen molar-refractivity contribution < 1.29 is 0 Å². The Morgan fingerprint density at radius 3 is 2.11 bits per heavy atom. The van der Waals surface area contributed by atoms with E-state index < -0.39 is 0 Å². The van der Waals surface area contributed by atoms with Gasteiger partial charge in [0, 0.05) is 35.0 Å². The molecule has 0 N–H and O–H groups in total. The minimum Gasteiger partial charge on any atom is -0.302 e. The first-order chi connectivity index (χ1) is 18.9. The molecule has 0 fully saturated rings. The number of para-hydroxylation sites is 1. The highest BCUT2D eigenvalue weighted by atomic mass is 15.3. The van der Waals surface area contributed by atoms with E-state index in [0.717, 1.165) is 45.4 Å². The van der Waals surface area contributed by atoms with Crippen LogP contribution in [0.25, 0.3) is 28.1 Å². The van der Waals surface area contributed by atoms with E-state index in [9.17, 15) is 0 Å². The molecule has 0 saturated heterocycles. The first kappa shape index (κ1) is 21.0. The van der Waals surface area contributed by atoms with Gasteiger partial charge in [-0.05, 0) is 17.7 Å². The van der Waals surface area contributed by atoms with Crippen LogP contribution in [-0.2, 0) is 0 Å². The fourth-order valence-corrected chi connectivity index (χ4v) is 5.94. The summed E-state index contributed by atoms with van der Waals surface area (Å²) in [6.07, 6.45) is 10.2. The number of allylic oxidation sites excluding steroid dienone is 2. The molecule has 0 spiro atoms. The third-order valence-corrected chi connectivity index (χ3v) is 7.48. The van der Waals surface area contributed by atoms with Crippen molar-refractivity contribution in [1.29, 1.82) is 0 Å². The molecule has 0 amide bonds. The van der Waals surface area contributed by atoms with E-state index in [1.807, 2.05) is 24.4 Å². The predicted molar refractivity (Wildman–Crippen MR) is 153 cm³/mol. The smallest absolute Gasteiger partial charge is 0.264 e. The highest BCUT2D eigenvalue weighted by molar-refractivity contribution is 6.21. The lowest BCUT2D eigenvalue weighted by molar-refractivity contribution is 0.900. The summed E-state index contributed by atoms with van der Waals surface area (Å²) >= 11 is 0. The van der Waals surface area contributed by atoms with Crippen molar-refractivity contribution in [3.63, 3.8) is 0 Å². The quantitative estimate of drug-likeness (QED) is 0.257. The van der Waals surface area contributed by atoms with E-state index in [4.69, 9.17) is 15.0 Å². The van der Waals surface area contributed by atoms with Crippen LogP contribution in [-0.4, -0.2) is 26.7 Å². The molecule has 2 aromatic heterocycles. The van der Waals surface area contributed by atoms with Gasteiger partial charge in [0.25, 0.3) is 11.4 Å². The minimum atomic E-state index is 0.00672. The van der Waals surface area contributed by atoms with Crippen LogP contribution in [0, 0.1) is 0 Å². The van der Waals surface area contributed by atoms with Gasteiger partial charge in [0.1, 0.15) is 23.8 Å². The van der Waals surface area contributed by atoms with Crippen LogP contribution in [0.1, 0.15) is 5.56 Å². The van der Waals surface area contributed by atoms with Crippen LogP contribution in [0.2, 0.25) is 0 Å². The monoisotopic (exact) mass is 488 g/mol. The maximum Gasteiger partial charge on any atom is 0.264 e. The van der Waals surface area contributed by atoms with Gasteiger partial charge >= 0.3 is 0 Å². The highest BCUT2D eigenvalue weighted by Crippen LogP contribution is 2.52. The molecule has 38 heavy (non-hydrogen) atoms. The van der Waals surface area contributed by atoms with E-state index in [-0.39, 0.29) is 6.04 Å². The molecular formula is C33H22N5+. The van der Waals surface area contributed by atoms with E-state index in [1.165, 1.54) is 16.8 Å². The standard InChI is InChI=1S/C33H22N5/c1-3-11-22(12-4-1)29-32(30(36-21-35-29)23-13-5-2-6-14-23)37-27-18-9-16-25-24-15-7-8-17-26(24)38(31(25)27)33-28(37)19-10-20-34-33/h1-21,31H/q+1. The molecule has 8 rings (SSSR count). The van der Waals surface area contributed by atoms with Gasteiger partial charge in [-0.15, -0.1) is 4.58 Å². The molecule has 3 aliphatic rings.